The monoisotopic (exact) mass is 492 g/mol. The summed E-state index contributed by atoms with van der Waals surface area (Å²) in [4.78, 5) is 32.2. The molecule has 1 saturated heterocycles. The predicted molar refractivity (Wildman–Crippen MR) is 134 cm³/mol. The number of rotatable bonds is 6. The van der Waals surface area contributed by atoms with Crippen molar-refractivity contribution in [2.24, 2.45) is 5.92 Å². The third kappa shape index (κ3) is 4.86. The highest BCUT2D eigenvalue weighted by atomic mass is 16.5. The van der Waals surface area contributed by atoms with E-state index in [0.717, 1.165) is 63.1 Å². The van der Waals surface area contributed by atoms with Crippen molar-refractivity contribution in [1.82, 2.24) is 30.1 Å². The summed E-state index contributed by atoms with van der Waals surface area (Å²) >= 11 is 0. The molecule has 36 heavy (non-hydrogen) atoms. The van der Waals surface area contributed by atoms with Crippen LogP contribution in [0.2, 0.25) is 0 Å². The van der Waals surface area contributed by atoms with E-state index in [4.69, 9.17) is 9.47 Å². The third-order valence-corrected chi connectivity index (χ3v) is 7.11. The molecule has 190 valence electrons. The van der Waals surface area contributed by atoms with Gasteiger partial charge in [0.15, 0.2) is 22.8 Å². The summed E-state index contributed by atoms with van der Waals surface area (Å²) in [6.45, 7) is 3.28. The minimum atomic E-state index is -0.226. The molecule has 2 aliphatic rings. The molecule has 1 aliphatic carbocycles. The van der Waals surface area contributed by atoms with Gasteiger partial charge in [0, 0.05) is 56.0 Å². The third-order valence-electron chi connectivity index (χ3n) is 7.11. The van der Waals surface area contributed by atoms with Crippen LogP contribution in [0.5, 0.6) is 11.5 Å². The van der Waals surface area contributed by atoms with Crippen molar-refractivity contribution in [3.8, 4) is 22.8 Å². The first kappa shape index (κ1) is 24.1. The molecule has 1 aromatic carbocycles. The molecule has 0 spiro atoms. The number of hydrogen-bond donors (Lipinski definition) is 2. The van der Waals surface area contributed by atoms with Crippen LogP contribution in [0.4, 0.5) is 0 Å². The van der Waals surface area contributed by atoms with Gasteiger partial charge >= 0.3 is 0 Å². The van der Waals surface area contributed by atoms with Crippen LogP contribution in [0.15, 0.2) is 36.5 Å². The summed E-state index contributed by atoms with van der Waals surface area (Å²) in [5.74, 6) is 1.33. The molecule has 1 saturated carbocycles. The van der Waals surface area contributed by atoms with Crippen LogP contribution in [0.1, 0.15) is 36.2 Å². The molecular weight excluding hydrogens is 460 g/mol. The lowest BCUT2D eigenvalue weighted by molar-refractivity contribution is -0.137. The summed E-state index contributed by atoms with van der Waals surface area (Å²) in [6, 6.07) is 9.19. The molecule has 2 fully saturated rings. The summed E-state index contributed by atoms with van der Waals surface area (Å²) in [5.41, 5.74) is 2.54. The standard InChI is InChI=1S/C26H32N6O4/c1-35-22-8-5-18(15-23(22)36-2)21-9-10-28-24-16-20(30-32(21)24)25(33)29-19-6-3-17(4-7-19)26(34)31-13-11-27-12-14-31/h5,8-10,15-17,19,27H,3-4,6-7,11-14H2,1-2H3,(H,29,33). The lowest BCUT2D eigenvalue weighted by atomic mass is 9.85. The van der Waals surface area contributed by atoms with Crippen molar-refractivity contribution in [1.29, 1.82) is 0 Å². The van der Waals surface area contributed by atoms with Gasteiger partial charge < -0.3 is 25.0 Å². The topological polar surface area (TPSA) is 110 Å². The number of carbonyl (C=O) groups excluding carboxylic acids is 2. The number of methoxy groups -OCH3 is 2. The van der Waals surface area contributed by atoms with Gasteiger partial charge in [-0.25, -0.2) is 9.50 Å². The second-order valence-electron chi connectivity index (χ2n) is 9.30. The van der Waals surface area contributed by atoms with Crippen LogP contribution in [0, 0.1) is 5.92 Å². The van der Waals surface area contributed by atoms with Crippen LogP contribution >= 0.6 is 0 Å². The zero-order valence-corrected chi connectivity index (χ0v) is 20.7. The average molecular weight is 493 g/mol. The smallest absolute Gasteiger partial charge is 0.272 e. The van der Waals surface area contributed by atoms with Gasteiger partial charge in [-0.15, -0.1) is 0 Å². The van der Waals surface area contributed by atoms with E-state index in [1.54, 1.807) is 31.0 Å². The molecule has 0 atom stereocenters. The van der Waals surface area contributed by atoms with Gasteiger partial charge in [-0.3, -0.25) is 9.59 Å². The second kappa shape index (κ2) is 10.5. The molecule has 0 unspecified atom stereocenters. The normalized spacial score (nSPS) is 20.2. The highest BCUT2D eigenvalue weighted by molar-refractivity contribution is 5.93. The largest absolute Gasteiger partial charge is 0.493 e. The zero-order valence-electron chi connectivity index (χ0n) is 20.7. The highest BCUT2D eigenvalue weighted by Crippen LogP contribution is 2.32. The minimum absolute atomic E-state index is 0.0349. The number of benzene rings is 1. The van der Waals surface area contributed by atoms with E-state index in [2.05, 4.69) is 20.7 Å². The van der Waals surface area contributed by atoms with Gasteiger partial charge in [-0.05, 0) is 49.9 Å². The summed E-state index contributed by atoms with van der Waals surface area (Å²) in [6.07, 6.45) is 4.86. The Kier molecular flexibility index (Phi) is 7.04. The van der Waals surface area contributed by atoms with E-state index in [0.29, 0.717) is 22.8 Å². The maximum atomic E-state index is 13.0. The number of nitrogens with zero attached hydrogens (tertiary/aromatic N) is 4. The van der Waals surface area contributed by atoms with Crippen molar-refractivity contribution in [2.45, 2.75) is 31.7 Å². The Morgan fingerprint density at radius 1 is 1.00 bits per heavy atom. The zero-order chi connectivity index (χ0) is 25.1. The van der Waals surface area contributed by atoms with E-state index in [-0.39, 0.29) is 23.8 Å². The molecular formula is C26H32N6O4. The molecule has 2 amide bonds. The van der Waals surface area contributed by atoms with Gasteiger partial charge in [-0.2, -0.15) is 5.10 Å². The molecule has 3 heterocycles. The predicted octanol–water partition coefficient (Wildman–Crippen LogP) is 2.13. The van der Waals surface area contributed by atoms with Crippen LogP contribution in [0.3, 0.4) is 0 Å². The first-order valence-corrected chi connectivity index (χ1v) is 12.4. The van der Waals surface area contributed by atoms with E-state index in [1.165, 1.54) is 0 Å². The van der Waals surface area contributed by atoms with Crippen LogP contribution < -0.4 is 20.1 Å². The first-order valence-electron chi connectivity index (χ1n) is 12.4. The number of nitrogens with one attached hydrogen (secondary N) is 2. The Labute approximate surface area is 210 Å². The van der Waals surface area contributed by atoms with Crippen molar-refractivity contribution in [3.63, 3.8) is 0 Å². The SMILES string of the molecule is COc1ccc(-c2ccnc3cc(C(=O)NC4CCC(C(=O)N5CCNCC5)CC4)nn23)cc1OC. The molecule has 10 heteroatoms. The van der Waals surface area contributed by atoms with Gasteiger partial charge in [-0.1, -0.05) is 0 Å². The maximum absolute atomic E-state index is 13.0. The number of fused-ring (bicyclic) bond motifs is 1. The van der Waals surface area contributed by atoms with Crippen molar-refractivity contribution in [2.75, 3.05) is 40.4 Å². The second-order valence-corrected chi connectivity index (χ2v) is 9.30. The fourth-order valence-corrected chi connectivity index (χ4v) is 5.11. The maximum Gasteiger partial charge on any atom is 0.272 e. The fourth-order valence-electron chi connectivity index (χ4n) is 5.11. The Morgan fingerprint density at radius 3 is 2.47 bits per heavy atom. The van der Waals surface area contributed by atoms with Crippen LogP contribution in [-0.4, -0.2) is 77.8 Å². The Balaban J connectivity index is 1.26. The fraction of sp³-hybridized carbons (Fsp3) is 0.462. The molecule has 10 nitrogen and oxygen atoms in total. The molecule has 0 bridgehead atoms. The van der Waals surface area contributed by atoms with Crippen LogP contribution in [0.25, 0.3) is 16.9 Å². The average Bonchev–Trinajstić information content (AvgIpc) is 3.38. The van der Waals surface area contributed by atoms with E-state index in [1.807, 2.05) is 29.2 Å². The van der Waals surface area contributed by atoms with Crippen molar-refractivity contribution in [3.05, 3.63) is 42.2 Å². The number of piperazine rings is 1. The number of ether oxygens (including phenoxy) is 2. The molecule has 5 rings (SSSR count). The molecule has 2 N–H and O–H groups in total. The Hall–Kier alpha value is -3.66. The minimum Gasteiger partial charge on any atom is -0.493 e. The summed E-state index contributed by atoms with van der Waals surface area (Å²) < 4.78 is 12.4. The quantitative estimate of drug-likeness (QED) is 0.542. The van der Waals surface area contributed by atoms with Crippen molar-refractivity contribution < 1.29 is 19.1 Å². The number of hydrogen-bond acceptors (Lipinski definition) is 7. The van der Waals surface area contributed by atoms with E-state index < -0.39 is 0 Å². The molecule has 2 aromatic heterocycles. The molecule has 1 aliphatic heterocycles. The number of amides is 2. The van der Waals surface area contributed by atoms with Crippen molar-refractivity contribution >= 4 is 17.5 Å². The van der Waals surface area contributed by atoms with Gasteiger partial charge in [0.1, 0.15) is 0 Å². The Bertz CT molecular complexity index is 1240. The van der Waals surface area contributed by atoms with Crippen LogP contribution in [-0.2, 0) is 4.79 Å². The summed E-state index contributed by atoms with van der Waals surface area (Å²) in [7, 11) is 3.19. The lowest BCUT2D eigenvalue weighted by Gasteiger charge is -2.34. The first-order chi connectivity index (χ1) is 17.6. The number of carbonyl (C=O) groups is 2. The lowest BCUT2D eigenvalue weighted by Crippen LogP contribution is -2.49. The Morgan fingerprint density at radius 2 is 1.75 bits per heavy atom. The van der Waals surface area contributed by atoms with Gasteiger partial charge in [0.05, 0.1) is 19.9 Å². The van der Waals surface area contributed by atoms with Gasteiger partial charge in [0.25, 0.3) is 5.91 Å². The molecule has 3 aromatic rings. The van der Waals surface area contributed by atoms with E-state index >= 15 is 0 Å². The van der Waals surface area contributed by atoms with Gasteiger partial charge in [0.2, 0.25) is 5.91 Å². The highest BCUT2D eigenvalue weighted by Gasteiger charge is 2.31. The number of aromatic nitrogens is 3. The van der Waals surface area contributed by atoms with E-state index in [9.17, 15) is 9.59 Å². The summed E-state index contributed by atoms with van der Waals surface area (Å²) in [5, 5.41) is 11.0. The molecule has 0 radical (unpaired) electrons.